The minimum atomic E-state index is -0.128. The summed E-state index contributed by atoms with van der Waals surface area (Å²) in [4.78, 5) is 29.7. The predicted molar refractivity (Wildman–Crippen MR) is 106 cm³/mol. The Morgan fingerprint density at radius 3 is 2.85 bits per heavy atom. The van der Waals surface area contributed by atoms with Crippen molar-refractivity contribution < 1.29 is 4.79 Å². The molecule has 1 aromatic carbocycles. The second-order valence-corrected chi connectivity index (χ2v) is 6.53. The largest absolute Gasteiger partial charge is 0.351 e. The number of halogens is 1. The smallest absolute Gasteiger partial charge is 0.261 e. The Morgan fingerprint density at radius 1 is 1.19 bits per heavy atom. The van der Waals surface area contributed by atoms with Crippen molar-refractivity contribution in [1.29, 1.82) is 0 Å². The molecule has 0 unspecified atom stereocenters. The van der Waals surface area contributed by atoms with E-state index in [1.165, 1.54) is 0 Å². The maximum atomic E-state index is 12.7. The van der Waals surface area contributed by atoms with E-state index in [-0.39, 0.29) is 23.9 Å². The summed E-state index contributed by atoms with van der Waals surface area (Å²) in [5.74, 6) is 0.716. The highest BCUT2D eigenvalue weighted by Crippen LogP contribution is 2.16. The van der Waals surface area contributed by atoms with E-state index in [1.807, 2.05) is 0 Å². The number of aryl methyl sites for hydroxylation is 1. The molecule has 0 saturated heterocycles. The van der Waals surface area contributed by atoms with Gasteiger partial charge in [-0.3, -0.25) is 14.2 Å². The third-order valence-electron chi connectivity index (χ3n) is 4.59. The van der Waals surface area contributed by atoms with E-state index in [0.29, 0.717) is 23.0 Å². The molecule has 0 bridgehead atoms. The Balaban J connectivity index is 0.00000243. The summed E-state index contributed by atoms with van der Waals surface area (Å²) >= 11 is 0. The lowest BCUT2D eigenvalue weighted by molar-refractivity contribution is 0.0954. The van der Waals surface area contributed by atoms with Crippen molar-refractivity contribution in [1.82, 2.24) is 20.2 Å². The molecule has 1 amide bonds. The molecular weight excluding hydrogens is 352 g/mol. The monoisotopic (exact) mass is 378 g/mol. The third kappa shape index (κ3) is 4.62. The van der Waals surface area contributed by atoms with E-state index in [4.69, 9.17) is 0 Å². The summed E-state index contributed by atoms with van der Waals surface area (Å²) in [5, 5.41) is 6.73. The van der Waals surface area contributed by atoms with Gasteiger partial charge in [0.05, 0.1) is 10.9 Å². The molecule has 1 aliphatic heterocycles. The minimum Gasteiger partial charge on any atom is -0.351 e. The summed E-state index contributed by atoms with van der Waals surface area (Å²) in [6.07, 6.45) is 5.10. The number of fused-ring (bicyclic) bond motifs is 2. The van der Waals surface area contributed by atoms with Crippen LogP contribution >= 0.6 is 12.4 Å². The highest BCUT2D eigenvalue weighted by Gasteiger charge is 2.15. The summed E-state index contributed by atoms with van der Waals surface area (Å²) in [6.45, 7) is 5.13. The summed E-state index contributed by atoms with van der Waals surface area (Å²) in [7, 11) is 0. The summed E-state index contributed by atoms with van der Waals surface area (Å²) in [5.41, 5.74) is 1.18. The van der Waals surface area contributed by atoms with Gasteiger partial charge in [-0.15, -0.1) is 12.4 Å². The Kier molecular flexibility index (Phi) is 7.60. The van der Waals surface area contributed by atoms with Crippen LogP contribution in [0.5, 0.6) is 0 Å². The van der Waals surface area contributed by atoms with Gasteiger partial charge in [-0.1, -0.05) is 13.3 Å². The van der Waals surface area contributed by atoms with Gasteiger partial charge in [0.15, 0.2) is 0 Å². The van der Waals surface area contributed by atoms with Crippen LogP contribution in [0.15, 0.2) is 23.0 Å². The fraction of sp³-hybridized carbons (Fsp3) is 0.526. The van der Waals surface area contributed by atoms with Gasteiger partial charge in [0.1, 0.15) is 5.82 Å². The van der Waals surface area contributed by atoms with Crippen LogP contribution in [-0.4, -0.2) is 35.1 Å². The van der Waals surface area contributed by atoms with Gasteiger partial charge in [0, 0.05) is 31.6 Å². The number of carbonyl (C=O) groups is 1. The van der Waals surface area contributed by atoms with Gasteiger partial charge in [-0.05, 0) is 44.0 Å². The molecule has 0 spiro atoms. The number of nitrogens with zero attached hydrogens (tertiary/aromatic N) is 2. The second kappa shape index (κ2) is 9.69. The molecule has 2 N–H and O–H groups in total. The molecule has 0 saturated carbocycles. The predicted octanol–water partition coefficient (Wildman–Crippen LogP) is 2.27. The van der Waals surface area contributed by atoms with E-state index in [9.17, 15) is 9.59 Å². The molecule has 1 aliphatic rings. The second-order valence-electron chi connectivity index (χ2n) is 6.53. The Hall–Kier alpha value is -1.92. The van der Waals surface area contributed by atoms with Crippen LogP contribution in [0.1, 0.15) is 48.8 Å². The number of hydrogen-bond acceptors (Lipinski definition) is 4. The quantitative estimate of drug-likeness (QED) is 0.756. The fourth-order valence-corrected chi connectivity index (χ4v) is 3.23. The first-order valence-electron chi connectivity index (χ1n) is 9.23. The first-order chi connectivity index (χ1) is 12.2. The molecule has 0 aliphatic carbocycles. The molecule has 7 heteroatoms. The number of nitrogens with one attached hydrogen (secondary N) is 2. The van der Waals surface area contributed by atoms with Crippen molar-refractivity contribution in [2.75, 3.05) is 19.6 Å². The highest BCUT2D eigenvalue weighted by atomic mass is 35.5. The molecule has 6 nitrogen and oxygen atoms in total. The standard InChI is InChI=1S/C19H26N4O2.ClH/c1-2-9-20-10-11-21-18(24)14-7-8-15-16(13-14)22-17-6-4-3-5-12-23(17)19(15)25;/h7-8,13,20H,2-6,9-12H2,1H3,(H,21,24);1H. The van der Waals surface area contributed by atoms with E-state index in [0.717, 1.165) is 57.6 Å². The van der Waals surface area contributed by atoms with Crippen LogP contribution in [-0.2, 0) is 13.0 Å². The number of aromatic nitrogens is 2. The molecule has 3 rings (SSSR count). The van der Waals surface area contributed by atoms with Gasteiger partial charge < -0.3 is 10.6 Å². The van der Waals surface area contributed by atoms with Crippen LogP contribution in [0.25, 0.3) is 10.9 Å². The molecule has 0 radical (unpaired) electrons. The van der Waals surface area contributed by atoms with E-state index >= 15 is 0 Å². The topological polar surface area (TPSA) is 76.0 Å². The fourth-order valence-electron chi connectivity index (χ4n) is 3.23. The number of benzene rings is 1. The van der Waals surface area contributed by atoms with Crippen LogP contribution in [0.4, 0.5) is 0 Å². The van der Waals surface area contributed by atoms with Crippen molar-refractivity contribution in [3.8, 4) is 0 Å². The average molecular weight is 379 g/mol. The summed E-state index contributed by atoms with van der Waals surface area (Å²) in [6, 6.07) is 5.17. The van der Waals surface area contributed by atoms with Gasteiger partial charge in [0.25, 0.3) is 11.5 Å². The number of hydrogen-bond donors (Lipinski definition) is 2. The Morgan fingerprint density at radius 2 is 2.04 bits per heavy atom. The normalized spacial score (nSPS) is 13.6. The first-order valence-corrected chi connectivity index (χ1v) is 9.23. The van der Waals surface area contributed by atoms with Crippen molar-refractivity contribution in [3.05, 3.63) is 39.9 Å². The zero-order valence-corrected chi connectivity index (χ0v) is 16.0. The van der Waals surface area contributed by atoms with Gasteiger partial charge in [-0.2, -0.15) is 0 Å². The lowest BCUT2D eigenvalue weighted by Gasteiger charge is -2.11. The molecule has 0 atom stereocenters. The molecule has 0 fully saturated rings. The average Bonchev–Trinajstić information content (AvgIpc) is 2.86. The van der Waals surface area contributed by atoms with Crippen LogP contribution in [0.2, 0.25) is 0 Å². The van der Waals surface area contributed by atoms with Crippen molar-refractivity contribution in [2.24, 2.45) is 0 Å². The zero-order valence-electron chi connectivity index (χ0n) is 15.2. The first kappa shape index (κ1) is 20.4. The van der Waals surface area contributed by atoms with Gasteiger partial charge in [-0.25, -0.2) is 4.98 Å². The molecular formula is C19H27ClN4O2. The minimum absolute atomic E-state index is 0. The molecule has 142 valence electrons. The maximum Gasteiger partial charge on any atom is 0.261 e. The Labute approximate surface area is 159 Å². The molecule has 26 heavy (non-hydrogen) atoms. The lowest BCUT2D eigenvalue weighted by Crippen LogP contribution is -2.32. The Bertz CT molecular complexity index is 819. The maximum absolute atomic E-state index is 12.7. The van der Waals surface area contributed by atoms with Crippen molar-refractivity contribution in [2.45, 2.75) is 45.6 Å². The SMILES string of the molecule is CCCNCCNC(=O)c1ccc2c(=O)n3c(nc2c1)CCCCC3.Cl. The van der Waals surface area contributed by atoms with Crippen LogP contribution < -0.4 is 16.2 Å². The van der Waals surface area contributed by atoms with Crippen molar-refractivity contribution in [3.63, 3.8) is 0 Å². The molecule has 2 heterocycles. The third-order valence-corrected chi connectivity index (χ3v) is 4.59. The highest BCUT2D eigenvalue weighted by molar-refractivity contribution is 5.97. The number of rotatable bonds is 6. The van der Waals surface area contributed by atoms with E-state index in [2.05, 4.69) is 22.5 Å². The van der Waals surface area contributed by atoms with Crippen LogP contribution in [0.3, 0.4) is 0 Å². The van der Waals surface area contributed by atoms with Crippen LogP contribution in [0, 0.1) is 0 Å². The van der Waals surface area contributed by atoms with Crippen molar-refractivity contribution >= 4 is 29.2 Å². The zero-order chi connectivity index (χ0) is 17.6. The summed E-state index contributed by atoms with van der Waals surface area (Å²) < 4.78 is 1.80. The number of carbonyl (C=O) groups excluding carboxylic acids is 1. The molecule has 1 aromatic heterocycles. The van der Waals surface area contributed by atoms with E-state index < -0.39 is 0 Å². The molecule has 2 aromatic rings. The van der Waals surface area contributed by atoms with Gasteiger partial charge >= 0.3 is 0 Å². The van der Waals surface area contributed by atoms with E-state index in [1.54, 1.807) is 22.8 Å². The van der Waals surface area contributed by atoms with Gasteiger partial charge in [0.2, 0.25) is 0 Å². The lowest BCUT2D eigenvalue weighted by atomic mass is 10.1. The number of amides is 1.